The number of piperidine rings is 1. The average molecular weight is 290 g/mol. The van der Waals surface area contributed by atoms with E-state index >= 15 is 0 Å². The Balaban J connectivity index is 1.88. The first-order chi connectivity index (χ1) is 10.2. The van der Waals surface area contributed by atoms with Crippen molar-refractivity contribution in [1.82, 2.24) is 5.32 Å². The Morgan fingerprint density at radius 2 is 2.29 bits per heavy atom. The summed E-state index contributed by atoms with van der Waals surface area (Å²) < 4.78 is 5.87. The van der Waals surface area contributed by atoms with Crippen molar-refractivity contribution in [3.8, 4) is 5.75 Å². The topological polar surface area (TPSA) is 64.3 Å². The minimum absolute atomic E-state index is 0.139. The summed E-state index contributed by atoms with van der Waals surface area (Å²) in [4.78, 5) is 11.0. The first kappa shape index (κ1) is 15.8. The number of primary amides is 1. The molecule has 0 radical (unpaired) electrons. The number of carbonyl (C=O) groups excluding carboxylic acids is 1. The van der Waals surface area contributed by atoms with Crippen molar-refractivity contribution in [2.45, 2.75) is 32.6 Å². The Bertz CT molecular complexity index is 456. The molecule has 2 atom stereocenters. The van der Waals surface area contributed by atoms with Gasteiger partial charge in [0.05, 0.1) is 6.61 Å². The molecule has 1 aliphatic rings. The van der Waals surface area contributed by atoms with E-state index in [4.69, 9.17) is 10.5 Å². The highest BCUT2D eigenvalue weighted by atomic mass is 16.5. The molecule has 1 amide bonds. The summed E-state index contributed by atoms with van der Waals surface area (Å²) in [5.41, 5.74) is 6.53. The van der Waals surface area contributed by atoms with Gasteiger partial charge in [-0.1, -0.05) is 25.1 Å². The van der Waals surface area contributed by atoms with Gasteiger partial charge in [-0.3, -0.25) is 4.79 Å². The highest BCUT2D eigenvalue weighted by Gasteiger charge is 2.16. The zero-order valence-corrected chi connectivity index (χ0v) is 12.8. The maximum absolute atomic E-state index is 11.0. The number of carbonyl (C=O) groups is 1. The van der Waals surface area contributed by atoms with E-state index in [1.807, 2.05) is 19.1 Å². The maximum atomic E-state index is 11.0. The van der Waals surface area contributed by atoms with Crippen LogP contribution in [0.15, 0.2) is 24.3 Å². The Hall–Kier alpha value is -1.55. The third-order valence-corrected chi connectivity index (χ3v) is 4.17. The molecule has 3 N–H and O–H groups in total. The van der Waals surface area contributed by atoms with Gasteiger partial charge in [0.25, 0.3) is 0 Å². The lowest BCUT2D eigenvalue weighted by atomic mass is 9.92. The second kappa shape index (κ2) is 8.03. The Labute approximate surface area is 127 Å². The normalized spacial score (nSPS) is 20.0. The van der Waals surface area contributed by atoms with Gasteiger partial charge in [-0.2, -0.15) is 0 Å². The highest BCUT2D eigenvalue weighted by Crippen LogP contribution is 2.24. The van der Waals surface area contributed by atoms with Gasteiger partial charge in [0.15, 0.2) is 0 Å². The van der Waals surface area contributed by atoms with Crippen molar-refractivity contribution in [3.05, 3.63) is 29.8 Å². The smallest absolute Gasteiger partial charge is 0.220 e. The van der Waals surface area contributed by atoms with Crippen molar-refractivity contribution in [3.63, 3.8) is 0 Å². The van der Waals surface area contributed by atoms with E-state index in [-0.39, 0.29) is 11.8 Å². The first-order valence-corrected chi connectivity index (χ1v) is 7.87. The van der Waals surface area contributed by atoms with Gasteiger partial charge in [0.2, 0.25) is 5.91 Å². The van der Waals surface area contributed by atoms with Crippen LogP contribution >= 0.6 is 0 Å². The molecule has 0 saturated carbocycles. The molecule has 2 unspecified atom stereocenters. The summed E-state index contributed by atoms with van der Waals surface area (Å²) in [6, 6.07) is 8.21. The van der Waals surface area contributed by atoms with Crippen LogP contribution in [-0.4, -0.2) is 25.6 Å². The predicted octanol–water partition coefficient (Wildman–Crippen LogP) is 2.12. The number of ether oxygens (including phenoxy) is 1. The minimum atomic E-state index is -0.264. The Morgan fingerprint density at radius 3 is 3.00 bits per heavy atom. The van der Waals surface area contributed by atoms with E-state index in [1.54, 1.807) is 0 Å². The summed E-state index contributed by atoms with van der Waals surface area (Å²) in [7, 11) is 0. The number of rotatable bonds is 7. The Morgan fingerprint density at radius 1 is 1.48 bits per heavy atom. The van der Waals surface area contributed by atoms with Crippen LogP contribution < -0.4 is 15.8 Å². The molecule has 1 aromatic rings. The molecule has 4 heteroatoms. The van der Waals surface area contributed by atoms with E-state index in [0.29, 0.717) is 18.9 Å². The summed E-state index contributed by atoms with van der Waals surface area (Å²) >= 11 is 0. The van der Waals surface area contributed by atoms with E-state index < -0.39 is 0 Å². The van der Waals surface area contributed by atoms with Crippen LogP contribution in [0.2, 0.25) is 0 Å². The second-order valence-corrected chi connectivity index (χ2v) is 5.96. The third-order valence-electron chi connectivity index (χ3n) is 4.17. The molecular formula is C17H26N2O2. The van der Waals surface area contributed by atoms with Crippen LogP contribution in [0.25, 0.3) is 0 Å². The lowest BCUT2D eigenvalue weighted by molar-refractivity contribution is -0.121. The first-order valence-electron chi connectivity index (χ1n) is 7.87. The van der Waals surface area contributed by atoms with Crippen LogP contribution in [0, 0.1) is 11.8 Å². The van der Waals surface area contributed by atoms with Gasteiger partial charge in [0, 0.05) is 5.92 Å². The molecule has 2 rings (SSSR count). The summed E-state index contributed by atoms with van der Waals surface area (Å²) in [5.74, 6) is 1.23. The molecule has 116 valence electrons. The van der Waals surface area contributed by atoms with E-state index in [1.165, 1.54) is 18.4 Å². The van der Waals surface area contributed by atoms with Gasteiger partial charge in [-0.25, -0.2) is 0 Å². The SMILES string of the molecule is CC(CCOc1ccccc1CC1CCCNC1)C(N)=O. The van der Waals surface area contributed by atoms with E-state index in [2.05, 4.69) is 17.4 Å². The van der Waals surface area contributed by atoms with Gasteiger partial charge in [-0.15, -0.1) is 0 Å². The third kappa shape index (κ3) is 5.05. The second-order valence-electron chi connectivity index (χ2n) is 5.96. The molecule has 1 heterocycles. The molecule has 0 aliphatic carbocycles. The number of nitrogens with one attached hydrogen (secondary N) is 1. The summed E-state index contributed by atoms with van der Waals surface area (Å²) in [5, 5.41) is 3.45. The number of para-hydroxylation sites is 1. The van der Waals surface area contributed by atoms with Crippen LogP contribution in [-0.2, 0) is 11.2 Å². The molecule has 1 aliphatic heterocycles. The monoisotopic (exact) mass is 290 g/mol. The molecule has 4 nitrogen and oxygen atoms in total. The standard InChI is InChI=1S/C17H26N2O2/c1-13(17(18)20)8-10-21-16-7-3-2-6-15(16)11-14-5-4-9-19-12-14/h2-3,6-7,13-14,19H,4-5,8-12H2,1H3,(H2,18,20). The minimum Gasteiger partial charge on any atom is -0.493 e. The van der Waals surface area contributed by atoms with Gasteiger partial charge < -0.3 is 15.8 Å². The summed E-state index contributed by atoms with van der Waals surface area (Å²) in [6.07, 6.45) is 4.24. The number of hydrogen-bond acceptors (Lipinski definition) is 3. The summed E-state index contributed by atoms with van der Waals surface area (Å²) in [6.45, 7) is 4.60. The number of nitrogens with two attached hydrogens (primary N) is 1. The molecule has 0 bridgehead atoms. The number of amides is 1. The quantitative estimate of drug-likeness (QED) is 0.808. The number of hydrogen-bond donors (Lipinski definition) is 2. The van der Waals surface area contributed by atoms with Crippen LogP contribution in [0.5, 0.6) is 5.75 Å². The van der Waals surface area contributed by atoms with Gasteiger partial charge in [-0.05, 0) is 56.3 Å². The Kier molecular flexibility index (Phi) is 6.05. The van der Waals surface area contributed by atoms with Crippen molar-refractivity contribution in [1.29, 1.82) is 0 Å². The van der Waals surface area contributed by atoms with E-state index in [9.17, 15) is 4.79 Å². The molecule has 0 spiro atoms. The molecule has 21 heavy (non-hydrogen) atoms. The van der Waals surface area contributed by atoms with Crippen molar-refractivity contribution in [2.24, 2.45) is 17.6 Å². The van der Waals surface area contributed by atoms with E-state index in [0.717, 1.165) is 25.3 Å². The fourth-order valence-corrected chi connectivity index (χ4v) is 2.71. The molecule has 1 fully saturated rings. The lowest BCUT2D eigenvalue weighted by Gasteiger charge is -2.23. The molecule has 1 saturated heterocycles. The molecule has 1 aromatic carbocycles. The van der Waals surface area contributed by atoms with Crippen LogP contribution in [0.1, 0.15) is 31.7 Å². The fraction of sp³-hybridized carbons (Fsp3) is 0.588. The highest BCUT2D eigenvalue weighted by molar-refractivity contribution is 5.76. The zero-order chi connectivity index (χ0) is 15.1. The van der Waals surface area contributed by atoms with Crippen molar-refractivity contribution in [2.75, 3.05) is 19.7 Å². The maximum Gasteiger partial charge on any atom is 0.220 e. The average Bonchev–Trinajstić information content (AvgIpc) is 2.50. The van der Waals surface area contributed by atoms with Gasteiger partial charge in [0.1, 0.15) is 5.75 Å². The largest absolute Gasteiger partial charge is 0.493 e. The van der Waals surface area contributed by atoms with Crippen molar-refractivity contribution < 1.29 is 9.53 Å². The molecular weight excluding hydrogens is 264 g/mol. The van der Waals surface area contributed by atoms with Crippen LogP contribution in [0.4, 0.5) is 0 Å². The zero-order valence-electron chi connectivity index (χ0n) is 12.8. The molecule has 0 aromatic heterocycles. The predicted molar refractivity (Wildman–Crippen MR) is 84.2 cm³/mol. The van der Waals surface area contributed by atoms with Crippen molar-refractivity contribution >= 4 is 5.91 Å². The number of benzene rings is 1. The lowest BCUT2D eigenvalue weighted by Crippen LogP contribution is -2.30. The van der Waals surface area contributed by atoms with Gasteiger partial charge >= 0.3 is 0 Å². The van der Waals surface area contributed by atoms with Crippen LogP contribution in [0.3, 0.4) is 0 Å². The fourth-order valence-electron chi connectivity index (χ4n) is 2.71.